The molecule has 0 nitrogen and oxygen atoms in total. The maximum Gasteiger partial charge on any atom is -0.147 e. The van der Waals surface area contributed by atoms with E-state index in [9.17, 15) is 0 Å². The average Bonchev–Trinajstić information content (AvgIpc) is 3.84. The van der Waals surface area contributed by atoms with Crippen LogP contribution in [0.1, 0.15) is 62.8 Å². The quantitative estimate of drug-likeness (QED) is 0.155. The Morgan fingerprint density at radius 2 is 0.870 bits per heavy atom. The van der Waals surface area contributed by atoms with Crippen LogP contribution in [0.15, 0.2) is 128 Å². The molecular weight excluding hydrogens is 932 g/mol. The van der Waals surface area contributed by atoms with Gasteiger partial charge in [0.15, 0.2) is 0 Å². The Hall–Kier alpha value is -2.10. The summed E-state index contributed by atoms with van der Waals surface area (Å²) >= 11 is -4.10. The summed E-state index contributed by atoms with van der Waals surface area (Å²) in [6.45, 7) is 9.46. The van der Waals surface area contributed by atoms with E-state index >= 15 is 0 Å². The topological polar surface area (TPSA) is 0 Å². The zero-order valence-corrected chi connectivity index (χ0v) is 36.0. The first kappa shape index (κ1) is 35.2. The minimum absolute atomic E-state index is 0. The Balaban J connectivity index is 0.000000174. The SMILES string of the molecule is C[C](C)=[Hf]([C]1=CC=CC1)[c]1cccc2c1Cc1ccccc1-2.C[C](C)=[Hf]([C]1=CC=CC1)[c]1cccc2c1Cc1ccccc1-2.Cl.Cl. The van der Waals surface area contributed by atoms with Crippen molar-refractivity contribution in [2.75, 3.05) is 0 Å². The summed E-state index contributed by atoms with van der Waals surface area (Å²) in [5.41, 5.74) is 12.1. The Morgan fingerprint density at radius 3 is 1.24 bits per heavy atom. The third-order valence-corrected chi connectivity index (χ3v) is 31.1. The van der Waals surface area contributed by atoms with Crippen molar-refractivity contribution in [1.29, 1.82) is 0 Å². The van der Waals surface area contributed by atoms with Crippen LogP contribution in [0, 0.1) is 0 Å². The second-order valence-corrected chi connectivity index (χ2v) is 33.8. The first-order valence-electron chi connectivity index (χ1n) is 16.0. The van der Waals surface area contributed by atoms with Crippen molar-refractivity contribution in [3.05, 3.63) is 150 Å². The molecule has 0 radical (unpaired) electrons. The van der Waals surface area contributed by atoms with Gasteiger partial charge in [0.1, 0.15) is 0 Å². The van der Waals surface area contributed by atoms with E-state index in [2.05, 4.69) is 149 Å². The fraction of sp³-hybridized carbons (Fsp3) is 0.190. The Kier molecular flexibility index (Phi) is 11.8. The minimum Gasteiger partial charge on any atom is -0.147 e. The van der Waals surface area contributed by atoms with Crippen LogP contribution in [-0.2, 0) is 54.8 Å². The first-order chi connectivity index (χ1) is 21.5. The number of rotatable bonds is 4. The molecule has 4 aromatic rings. The van der Waals surface area contributed by atoms with Crippen LogP contribution < -0.4 is 6.64 Å². The van der Waals surface area contributed by atoms with Gasteiger partial charge in [-0.3, -0.25) is 0 Å². The van der Waals surface area contributed by atoms with Crippen molar-refractivity contribution in [2.24, 2.45) is 0 Å². The van der Waals surface area contributed by atoms with E-state index in [1.807, 2.05) is 0 Å². The van der Waals surface area contributed by atoms with Gasteiger partial charge in [-0.15, -0.1) is 24.8 Å². The summed E-state index contributed by atoms with van der Waals surface area (Å²) in [5, 5.41) is 0. The van der Waals surface area contributed by atoms with Gasteiger partial charge in [-0.25, -0.2) is 0 Å². The molecule has 0 fully saturated rings. The molecule has 0 unspecified atom stereocenters. The van der Waals surface area contributed by atoms with Crippen LogP contribution in [0.2, 0.25) is 0 Å². The number of halogens is 2. The molecule has 0 spiro atoms. The molecule has 0 N–H and O–H groups in total. The summed E-state index contributed by atoms with van der Waals surface area (Å²) in [6.07, 6.45) is 18.6. The van der Waals surface area contributed by atoms with Crippen molar-refractivity contribution < 1.29 is 41.9 Å². The van der Waals surface area contributed by atoms with E-state index < -0.39 is 41.9 Å². The summed E-state index contributed by atoms with van der Waals surface area (Å²) in [5.74, 6) is 0. The minimum atomic E-state index is -2.05. The number of allylic oxidation sites excluding steroid dienone is 8. The number of benzene rings is 4. The molecule has 8 rings (SSSR count). The van der Waals surface area contributed by atoms with Gasteiger partial charge in [0, 0.05) is 0 Å². The molecule has 4 heteroatoms. The summed E-state index contributed by atoms with van der Waals surface area (Å²) in [4.78, 5) is 0. The van der Waals surface area contributed by atoms with Gasteiger partial charge in [0.05, 0.1) is 0 Å². The van der Waals surface area contributed by atoms with Gasteiger partial charge in [0.25, 0.3) is 0 Å². The van der Waals surface area contributed by atoms with E-state index in [0.29, 0.717) is 0 Å². The summed E-state index contributed by atoms with van der Waals surface area (Å²) in [7, 11) is 0. The maximum atomic E-state index is 2.43. The molecule has 0 amide bonds. The molecule has 0 aliphatic heterocycles. The summed E-state index contributed by atoms with van der Waals surface area (Å²) in [6, 6.07) is 31.9. The monoisotopic (exact) mass is 976 g/mol. The molecular formula is C42H42Cl2Hf2. The van der Waals surface area contributed by atoms with E-state index in [4.69, 9.17) is 0 Å². The molecule has 0 bridgehead atoms. The smallest absolute Gasteiger partial charge is 0.147 e. The zero-order chi connectivity index (χ0) is 30.2. The van der Waals surface area contributed by atoms with Crippen LogP contribution in [0.4, 0.5) is 0 Å². The molecule has 0 atom stereocenters. The first-order valence-corrected chi connectivity index (χ1v) is 26.8. The van der Waals surface area contributed by atoms with Crippen LogP contribution in [0.25, 0.3) is 22.3 Å². The fourth-order valence-electron chi connectivity index (χ4n) is 7.58. The van der Waals surface area contributed by atoms with Gasteiger partial charge < -0.3 is 0 Å². The van der Waals surface area contributed by atoms with E-state index in [0.717, 1.165) is 12.8 Å². The molecule has 4 aliphatic carbocycles. The van der Waals surface area contributed by atoms with Crippen LogP contribution >= 0.6 is 24.8 Å². The number of fused-ring (bicyclic) bond motifs is 6. The standard InChI is InChI=1S/2C13H9.2C5H5.2C3H6.2ClH.2Hf/c2*1-3-7-12-10(5-1)9-11-6-2-4-8-13(11)12;2*1-2-4-5-3-1;2*1-3-2;;;;/h2*1-5,7-8H,9H2;2*1-3H,4H2;2*1-2H3;2*1H;;. The number of hydrogen-bond acceptors (Lipinski definition) is 0. The van der Waals surface area contributed by atoms with E-state index in [1.54, 1.807) is 30.9 Å². The molecule has 0 aromatic heterocycles. The predicted molar refractivity (Wildman–Crippen MR) is 200 cm³/mol. The molecule has 0 heterocycles. The normalized spacial score (nSPS) is 13.9. The molecule has 4 aliphatic rings. The van der Waals surface area contributed by atoms with Gasteiger partial charge in [-0.1, -0.05) is 0 Å². The van der Waals surface area contributed by atoms with Gasteiger partial charge in [-0.2, -0.15) is 0 Å². The van der Waals surface area contributed by atoms with Crippen molar-refractivity contribution in [2.45, 2.75) is 53.4 Å². The Bertz CT molecular complexity index is 1850. The van der Waals surface area contributed by atoms with Gasteiger partial charge >= 0.3 is 281 Å². The molecule has 46 heavy (non-hydrogen) atoms. The van der Waals surface area contributed by atoms with Crippen LogP contribution in [0.3, 0.4) is 0 Å². The number of hydrogen-bond donors (Lipinski definition) is 0. The molecule has 232 valence electrons. The Morgan fingerprint density at radius 1 is 0.478 bits per heavy atom. The zero-order valence-electron chi connectivity index (χ0n) is 27.2. The predicted octanol–water partition coefficient (Wildman–Crippen LogP) is 9.96. The molecule has 0 saturated carbocycles. The van der Waals surface area contributed by atoms with E-state index in [-0.39, 0.29) is 24.8 Å². The molecule has 0 saturated heterocycles. The van der Waals surface area contributed by atoms with Crippen LogP contribution in [0.5, 0.6) is 0 Å². The Labute approximate surface area is 302 Å². The van der Waals surface area contributed by atoms with E-state index in [1.165, 1.54) is 46.2 Å². The second kappa shape index (κ2) is 15.4. The van der Waals surface area contributed by atoms with Crippen molar-refractivity contribution in [3.63, 3.8) is 0 Å². The third kappa shape index (κ3) is 6.75. The van der Waals surface area contributed by atoms with Gasteiger partial charge in [-0.05, 0) is 0 Å². The summed E-state index contributed by atoms with van der Waals surface area (Å²) < 4.78 is 10.3. The fourth-order valence-corrected chi connectivity index (χ4v) is 28.4. The largest absolute Gasteiger partial charge is 0.147 e. The third-order valence-electron chi connectivity index (χ3n) is 9.42. The maximum absolute atomic E-state index is 2.43. The average molecular weight is 975 g/mol. The van der Waals surface area contributed by atoms with Crippen LogP contribution in [-0.4, -0.2) is 6.51 Å². The molecule has 4 aromatic carbocycles. The van der Waals surface area contributed by atoms with Crippen molar-refractivity contribution in [1.82, 2.24) is 0 Å². The van der Waals surface area contributed by atoms with Crippen molar-refractivity contribution >= 4 is 38.0 Å². The van der Waals surface area contributed by atoms with Crippen molar-refractivity contribution in [3.8, 4) is 22.3 Å². The van der Waals surface area contributed by atoms with Gasteiger partial charge in [0.2, 0.25) is 0 Å². The second-order valence-electron chi connectivity index (χ2n) is 12.7.